The minimum atomic E-state index is 0.694. The quantitative estimate of drug-likeness (QED) is 0.800. The Morgan fingerprint density at radius 1 is 1.38 bits per heavy atom. The molecule has 96 valence electrons. The topological polar surface area (TPSA) is 15.3 Å². The van der Waals surface area contributed by atoms with Crippen molar-refractivity contribution < 1.29 is 0 Å². The van der Waals surface area contributed by atoms with Gasteiger partial charge in [-0.2, -0.15) is 11.8 Å². The predicted molar refractivity (Wildman–Crippen MR) is 75.3 cm³/mol. The van der Waals surface area contributed by atoms with Gasteiger partial charge in [-0.15, -0.1) is 0 Å². The predicted octanol–water partition coefficient (Wildman–Crippen LogP) is 2.45. The molecule has 0 saturated carbocycles. The number of piperazine rings is 1. The van der Waals surface area contributed by atoms with Crippen LogP contribution in [0.5, 0.6) is 0 Å². The molecule has 1 aliphatic heterocycles. The first-order valence-electron chi connectivity index (χ1n) is 6.58. The van der Waals surface area contributed by atoms with E-state index in [1.165, 1.54) is 18.7 Å². The van der Waals surface area contributed by atoms with E-state index in [-0.39, 0.29) is 0 Å². The average molecular weight is 244 g/mol. The Balaban J connectivity index is 2.63. The van der Waals surface area contributed by atoms with Gasteiger partial charge >= 0.3 is 0 Å². The van der Waals surface area contributed by atoms with E-state index in [0.29, 0.717) is 18.1 Å². The van der Waals surface area contributed by atoms with Gasteiger partial charge in [-0.3, -0.25) is 4.90 Å². The second-order valence-corrected chi connectivity index (χ2v) is 6.24. The summed E-state index contributed by atoms with van der Waals surface area (Å²) in [5.74, 6) is 1.99. The van der Waals surface area contributed by atoms with Crippen molar-refractivity contribution in [2.24, 2.45) is 5.92 Å². The van der Waals surface area contributed by atoms with Crippen molar-refractivity contribution >= 4 is 11.8 Å². The molecule has 3 unspecified atom stereocenters. The van der Waals surface area contributed by atoms with E-state index in [0.717, 1.165) is 12.5 Å². The van der Waals surface area contributed by atoms with E-state index in [2.05, 4.69) is 44.2 Å². The molecule has 0 radical (unpaired) electrons. The number of thioether (sulfide) groups is 1. The summed E-state index contributed by atoms with van der Waals surface area (Å²) >= 11 is 1.96. The Morgan fingerprint density at radius 2 is 2.06 bits per heavy atom. The van der Waals surface area contributed by atoms with Gasteiger partial charge in [0.05, 0.1) is 0 Å². The smallest absolute Gasteiger partial charge is 0.0247 e. The molecule has 0 aromatic heterocycles. The summed E-state index contributed by atoms with van der Waals surface area (Å²) in [7, 11) is 0. The molecule has 0 aliphatic carbocycles. The molecular weight excluding hydrogens is 216 g/mol. The van der Waals surface area contributed by atoms with Crippen LogP contribution in [0, 0.1) is 5.92 Å². The minimum absolute atomic E-state index is 0.694. The molecule has 0 aromatic rings. The molecule has 0 amide bonds. The van der Waals surface area contributed by atoms with Gasteiger partial charge < -0.3 is 5.32 Å². The molecule has 1 heterocycles. The Kier molecular flexibility index (Phi) is 6.16. The number of nitrogens with zero attached hydrogens (tertiary/aromatic N) is 1. The normalized spacial score (nSPS) is 29.6. The molecular formula is C13H28N2S. The van der Waals surface area contributed by atoms with Crippen molar-refractivity contribution in [3.63, 3.8) is 0 Å². The highest BCUT2D eigenvalue weighted by molar-refractivity contribution is 7.98. The lowest BCUT2D eigenvalue weighted by atomic mass is 9.96. The van der Waals surface area contributed by atoms with Crippen LogP contribution in [0.2, 0.25) is 0 Å². The van der Waals surface area contributed by atoms with Gasteiger partial charge in [-0.25, -0.2) is 0 Å². The molecule has 2 nitrogen and oxygen atoms in total. The number of hydrogen-bond donors (Lipinski definition) is 1. The monoisotopic (exact) mass is 244 g/mol. The minimum Gasteiger partial charge on any atom is -0.311 e. The molecule has 1 fully saturated rings. The first kappa shape index (κ1) is 14.3. The van der Waals surface area contributed by atoms with Crippen LogP contribution in [0.3, 0.4) is 0 Å². The largest absolute Gasteiger partial charge is 0.311 e. The summed E-state index contributed by atoms with van der Waals surface area (Å²) in [6.07, 6.45) is 3.45. The average Bonchev–Trinajstić information content (AvgIpc) is 2.28. The van der Waals surface area contributed by atoms with Crippen molar-refractivity contribution in [3.05, 3.63) is 0 Å². The van der Waals surface area contributed by atoms with Crippen LogP contribution in [0.4, 0.5) is 0 Å². The summed E-state index contributed by atoms with van der Waals surface area (Å²) in [5, 5.41) is 3.68. The summed E-state index contributed by atoms with van der Waals surface area (Å²) < 4.78 is 0. The molecule has 16 heavy (non-hydrogen) atoms. The van der Waals surface area contributed by atoms with Crippen molar-refractivity contribution in [1.82, 2.24) is 10.2 Å². The van der Waals surface area contributed by atoms with Crippen LogP contribution in [-0.2, 0) is 0 Å². The molecule has 3 atom stereocenters. The van der Waals surface area contributed by atoms with Gasteiger partial charge in [0.1, 0.15) is 0 Å². The van der Waals surface area contributed by atoms with E-state index < -0.39 is 0 Å². The number of nitrogens with one attached hydrogen (secondary N) is 1. The third-order valence-corrected chi connectivity index (χ3v) is 4.52. The van der Waals surface area contributed by atoms with Gasteiger partial charge in [0.15, 0.2) is 0 Å². The molecule has 0 bridgehead atoms. The SMILES string of the molecule is CCC1CN(C(C)CSC)C(C(C)C)CN1. The summed E-state index contributed by atoms with van der Waals surface area (Å²) in [6, 6.07) is 2.11. The summed E-state index contributed by atoms with van der Waals surface area (Å²) in [4.78, 5) is 2.73. The Labute approximate surface area is 106 Å². The summed E-state index contributed by atoms with van der Waals surface area (Å²) in [5.41, 5.74) is 0. The molecule has 1 saturated heterocycles. The molecule has 1 N–H and O–H groups in total. The van der Waals surface area contributed by atoms with Gasteiger partial charge in [-0.05, 0) is 25.5 Å². The fraction of sp³-hybridized carbons (Fsp3) is 1.00. The Hall–Kier alpha value is 0.270. The maximum atomic E-state index is 3.68. The van der Waals surface area contributed by atoms with E-state index in [4.69, 9.17) is 0 Å². The van der Waals surface area contributed by atoms with Crippen LogP contribution >= 0.6 is 11.8 Å². The zero-order valence-corrected chi connectivity index (χ0v) is 12.3. The van der Waals surface area contributed by atoms with Crippen LogP contribution in [0.1, 0.15) is 34.1 Å². The van der Waals surface area contributed by atoms with Crippen LogP contribution < -0.4 is 5.32 Å². The first-order valence-corrected chi connectivity index (χ1v) is 7.97. The van der Waals surface area contributed by atoms with Crippen molar-refractivity contribution in [2.45, 2.75) is 52.2 Å². The highest BCUT2D eigenvalue weighted by Gasteiger charge is 2.31. The van der Waals surface area contributed by atoms with Crippen molar-refractivity contribution in [3.8, 4) is 0 Å². The Morgan fingerprint density at radius 3 is 2.56 bits per heavy atom. The van der Waals surface area contributed by atoms with E-state index >= 15 is 0 Å². The van der Waals surface area contributed by atoms with Crippen molar-refractivity contribution in [2.75, 3.05) is 25.1 Å². The highest BCUT2D eigenvalue weighted by atomic mass is 32.2. The van der Waals surface area contributed by atoms with Gasteiger partial charge in [-0.1, -0.05) is 20.8 Å². The van der Waals surface area contributed by atoms with E-state index in [9.17, 15) is 0 Å². The van der Waals surface area contributed by atoms with Gasteiger partial charge in [0.25, 0.3) is 0 Å². The fourth-order valence-electron chi connectivity index (χ4n) is 2.59. The lowest BCUT2D eigenvalue weighted by molar-refractivity contribution is 0.0701. The standard InChI is InChI=1S/C13H28N2S/c1-6-12-8-15(11(4)9-16-5)13(7-14-12)10(2)3/h10-14H,6-9H2,1-5H3. The lowest BCUT2D eigenvalue weighted by Crippen LogP contribution is -2.60. The number of rotatable bonds is 5. The third kappa shape index (κ3) is 3.64. The molecule has 3 heteroatoms. The second kappa shape index (κ2) is 6.87. The highest BCUT2D eigenvalue weighted by Crippen LogP contribution is 2.20. The zero-order chi connectivity index (χ0) is 12.1. The van der Waals surface area contributed by atoms with E-state index in [1.54, 1.807) is 0 Å². The lowest BCUT2D eigenvalue weighted by Gasteiger charge is -2.45. The molecule has 0 spiro atoms. The van der Waals surface area contributed by atoms with Crippen LogP contribution in [-0.4, -0.2) is 48.1 Å². The Bertz CT molecular complexity index is 196. The van der Waals surface area contributed by atoms with Crippen LogP contribution in [0.25, 0.3) is 0 Å². The van der Waals surface area contributed by atoms with E-state index in [1.807, 2.05) is 11.8 Å². The van der Waals surface area contributed by atoms with Crippen molar-refractivity contribution in [1.29, 1.82) is 0 Å². The fourth-order valence-corrected chi connectivity index (χ4v) is 3.27. The second-order valence-electron chi connectivity index (χ2n) is 5.33. The molecule has 1 rings (SSSR count). The summed E-state index contributed by atoms with van der Waals surface area (Å²) in [6.45, 7) is 11.7. The molecule has 1 aliphatic rings. The van der Waals surface area contributed by atoms with Crippen LogP contribution in [0.15, 0.2) is 0 Å². The maximum Gasteiger partial charge on any atom is 0.0247 e. The molecule has 0 aromatic carbocycles. The van der Waals surface area contributed by atoms with Gasteiger partial charge in [0.2, 0.25) is 0 Å². The number of hydrogen-bond acceptors (Lipinski definition) is 3. The zero-order valence-electron chi connectivity index (χ0n) is 11.5. The third-order valence-electron chi connectivity index (χ3n) is 3.71. The first-order chi connectivity index (χ1) is 7.60. The van der Waals surface area contributed by atoms with Gasteiger partial charge in [0, 0.05) is 37.0 Å². The maximum absolute atomic E-state index is 3.68.